The Kier molecular flexibility index (Phi) is 3.21. The lowest BCUT2D eigenvalue weighted by atomic mass is 9.90. The van der Waals surface area contributed by atoms with Gasteiger partial charge in [0, 0.05) is 13.1 Å². The molecule has 0 saturated carbocycles. The normalized spacial score (nSPS) is 23.3. The second-order valence-electron chi connectivity index (χ2n) is 4.76. The molecule has 1 rings (SSSR count). The molecule has 15 heavy (non-hydrogen) atoms. The van der Waals surface area contributed by atoms with Gasteiger partial charge in [-0.1, -0.05) is 12.1 Å². The molecule has 1 heterocycles. The molecule has 0 spiro atoms. The van der Waals surface area contributed by atoms with E-state index in [9.17, 15) is 4.79 Å². The number of oxime groups is 1. The van der Waals surface area contributed by atoms with Gasteiger partial charge in [0.15, 0.2) is 5.84 Å². The van der Waals surface area contributed by atoms with E-state index in [4.69, 9.17) is 10.9 Å². The lowest BCUT2D eigenvalue weighted by Crippen LogP contribution is -2.47. The largest absolute Gasteiger partial charge is 0.409 e. The summed E-state index contributed by atoms with van der Waals surface area (Å²) in [4.78, 5) is 13.8. The Hall–Kier alpha value is -1.26. The van der Waals surface area contributed by atoms with Crippen LogP contribution in [0.1, 0.15) is 27.2 Å². The Bertz CT molecular complexity index is 286. The Morgan fingerprint density at radius 3 is 2.60 bits per heavy atom. The predicted octanol–water partition coefficient (Wildman–Crippen LogP) is 0.627. The summed E-state index contributed by atoms with van der Waals surface area (Å²) in [5.41, 5.74) is 4.59. The van der Waals surface area contributed by atoms with Crippen molar-refractivity contribution in [2.45, 2.75) is 27.2 Å². The Morgan fingerprint density at radius 1 is 1.60 bits per heavy atom. The quantitative estimate of drug-likeness (QED) is 0.305. The highest BCUT2D eigenvalue weighted by molar-refractivity contribution is 6.05. The molecular weight excluding hydrogens is 194 g/mol. The van der Waals surface area contributed by atoms with E-state index in [1.165, 1.54) is 0 Å². The summed E-state index contributed by atoms with van der Waals surface area (Å²) in [6, 6.07) is 0. The van der Waals surface area contributed by atoms with Crippen LogP contribution in [0.5, 0.6) is 0 Å². The maximum atomic E-state index is 12.1. The molecule has 0 aromatic carbocycles. The van der Waals surface area contributed by atoms with E-state index in [0.717, 1.165) is 19.5 Å². The molecule has 86 valence electrons. The van der Waals surface area contributed by atoms with Gasteiger partial charge in [-0.05, 0) is 26.2 Å². The minimum Gasteiger partial charge on any atom is -0.409 e. The molecule has 1 saturated heterocycles. The molecule has 1 aliphatic rings. The zero-order valence-electron chi connectivity index (χ0n) is 9.53. The third kappa shape index (κ3) is 2.22. The lowest BCUT2D eigenvalue weighted by molar-refractivity contribution is -0.136. The van der Waals surface area contributed by atoms with E-state index in [1.54, 1.807) is 18.7 Å². The fraction of sp³-hybridized carbons (Fsp3) is 0.800. The molecule has 0 bridgehead atoms. The zero-order valence-corrected chi connectivity index (χ0v) is 9.53. The molecule has 1 aliphatic heterocycles. The van der Waals surface area contributed by atoms with Crippen LogP contribution in [-0.2, 0) is 4.79 Å². The standard InChI is InChI=1S/C10H19N3O2/c1-7-4-5-13(6-7)9(14)10(2,3)8(11)12-15/h7,15H,4-6H2,1-3H3,(H2,11,12). The van der Waals surface area contributed by atoms with Crippen LogP contribution in [0.3, 0.4) is 0 Å². The summed E-state index contributed by atoms with van der Waals surface area (Å²) in [6.45, 7) is 6.99. The van der Waals surface area contributed by atoms with E-state index in [0.29, 0.717) is 5.92 Å². The summed E-state index contributed by atoms with van der Waals surface area (Å²) < 4.78 is 0. The number of hydrogen-bond acceptors (Lipinski definition) is 3. The van der Waals surface area contributed by atoms with Crippen LogP contribution < -0.4 is 5.73 Å². The van der Waals surface area contributed by atoms with Gasteiger partial charge in [0.25, 0.3) is 0 Å². The second-order valence-corrected chi connectivity index (χ2v) is 4.76. The van der Waals surface area contributed by atoms with E-state index >= 15 is 0 Å². The molecule has 0 aliphatic carbocycles. The van der Waals surface area contributed by atoms with Crippen LogP contribution in [-0.4, -0.2) is 34.9 Å². The summed E-state index contributed by atoms with van der Waals surface area (Å²) in [5, 5.41) is 11.5. The van der Waals surface area contributed by atoms with Crippen molar-refractivity contribution in [2.24, 2.45) is 22.2 Å². The van der Waals surface area contributed by atoms with Crippen LogP contribution >= 0.6 is 0 Å². The van der Waals surface area contributed by atoms with Gasteiger partial charge in [-0.25, -0.2) is 0 Å². The third-order valence-electron chi connectivity index (χ3n) is 2.99. The molecule has 0 aromatic heterocycles. The molecular formula is C10H19N3O2. The number of nitrogens with zero attached hydrogens (tertiary/aromatic N) is 2. The minimum absolute atomic E-state index is 0.0351. The lowest BCUT2D eigenvalue weighted by Gasteiger charge is -2.27. The first-order valence-corrected chi connectivity index (χ1v) is 5.17. The van der Waals surface area contributed by atoms with Crippen molar-refractivity contribution < 1.29 is 10.0 Å². The van der Waals surface area contributed by atoms with E-state index in [-0.39, 0.29) is 11.7 Å². The molecule has 1 amide bonds. The first-order valence-electron chi connectivity index (χ1n) is 5.17. The van der Waals surface area contributed by atoms with Crippen LogP contribution in [0.4, 0.5) is 0 Å². The number of nitrogens with two attached hydrogens (primary N) is 1. The number of rotatable bonds is 2. The fourth-order valence-electron chi connectivity index (χ4n) is 1.75. The molecule has 0 radical (unpaired) electrons. The first kappa shape index (κ1) is 11.8. The number of amidine groups is 1. The van der Waals surface area contributed by atoms with Crippen LogP contribution in [0.25, 0.3) is 0 Å². The van der Waals surface area contributed by atoms with Gasteiger partial charge in [0.2, 0.25) is 5.91 Å². The van der Waals surface area contributed by atoms with E-state index < -0.39 is 5.41 Å². The molecule has 1 fully saturated rings. The number of carbonyl (C=O) groups is 1. The molecule has 5 heteroatoms. The van der Waals surface area contributed by atoms with Crippen LogP contribution in [0.2, 0.25) is 0 Å². The van der Waals surface area contributed by atoms with Gasteiger partial charge in [-0.3, -0.25) is 4.79 Å². The predicted molar refractivity (Wildman–Crippen MR) is 57.6 cm³/mol. The summed E-state index contributed by atoms with van der Waals surface area (Å²) >= 11 is 0. The van der Waals surface area contributed by atoms with Crippen molar-refractivity contribution in [3.8, 4) is 0 Å². The fourth-order valence-corrected chi connectivity index (χ4v) is 1.75. The summed E-state index contributed by atoms with van der Waals surface area (Å²) in [6.07, 6.45) is 1.03. The van der Waals surface area contributed by atoms with Crippen LogP contribution in [0, 0.1) is 11.3 Å². The highest BCUT2D eigenvalue weighted by atomic mass is 16.4. The van der Waals surface area contributed by atoms with Gasteiger partial charge in [-0.2, -0.15) is 0 Å². The van der Waals surface area contributed by atoms with Crippen molar-refractivity contribution in [1.29, 1.82) is 0 Å². The van der Waals surface area contributed by atoms with Crippen molar-refractivity contribution in [2.75, 3.05) is 13.1 Å². The molecule has 5 nitrogen and oxygen atoms in total. The minimum atomic E-state index is -0.918. The van der Waals surface area contributed by atoms with Gasteiger partial charge >= 0.3 is 0 Å². The highest BCUT2D eigenvalue weighted by Crippen LogP contribution is 2.24. The van der Waals surface area contributed by atoms with Gasteiger partial charge in [0.05, 0.1) is 0 Å². The van der Waals surface area contributed by atoms with Gasteiger partial charge in [-0.15, -0.1) is 0 Å². The summed E-state index contributed by atoms with van der Waals surface area (Å²) in [5.74, 6) is 0.436. The average Bonchev–Trinajstić information content (AvgIpc) is 2.62. The number of amides is 1. The van der Waals surface area contributed by atoms with Crippen molar-refractivity contribution in [3.05, 3.63) is 0 Å². The smallest absolute Gasteiger partial charge is 0.235 e. The zero-order chi connectivity index (χ0) is 11.6. The Balaban J connectivity index is 2.76. The van der Waals surface area contributed by atoms with Gasteiger partial charge < -0.3 is 15.8 Å². The molecule has 1 atom stereocenters. The number of carbonyl (C=O) groups excluding carboxylic acids is 1. The molecule has 3 N–H and O–H groups in total. The molecule has 1 unspecified atom stereocenters. The highest BCUT2D eigenvalue weighted by Gasteiger charge is 2.38. The van der Waals surface area contributed by atoms with Crippen molar-refractivity contribution in [3.63, 3.8) is 0 Å². The SMILES string of the molecule is CC1CCN(C(=O)C(C)(C)C(N)=NO)C1. The summed E-state index contributed by atoms with van der Waals surface area (Å²) in [7, 11) is 0. The average molecular weight is 213 g/mol. The Morgan fingerprint density at radius 2 is 2.20 bits per heavy atom. The third-order valence-corrected chi connectivity index (χ3v) is 2.99. The maximum Gasteiger partial charge on any atom is 0.235 e. The van der Waals surface area contributed by atoms with Crippen molar-refractivity contribution in [1.82, 2.24) is 4.90 Å². The van der Waals surface area contributed by atoms with Crippen molar-refractivity contribution >= 4 is 11.7 Å². The monoisotopic (exact) mass is 213 g/mol. The second kappa shape index (κ2) is 4.08. The number of likely N-dealkylation sites (tertiary alicyclic amines) is 1. The van der Waals surface area contributed by atoms with E-state index in [2.05, 4.69) is 12.1 Å². The topological polar surface area (TPSA) is 78.9 Å². The van der Waals surface area contributed by atoms with Gasteiger partial charge in [0.1, 0.15) is 5.41 Å². The van der Waals surface area contributed by atoms with E-state index in [1.807, 2.05) is 0 Å². The first-order chi connectivity index (χ1) is 6.89. The molecule has 0 aromatic rings. The number of hydrogen-bond donors (Lipinski definition) is 2. The Labute approximate surface area is 89.9 Å². The maximum absolute atomic E-state index is 12.1. The van der Waals surface area contributed by atoms with Crippen LogP contribution in [0.15, 0.2) is 5.16 Å².